The van der Waals surface area contributed by atoms with E-state index in [0.29, 0.717) is 21.3 Å². The van der Waals surface area contributed by atoms with Crippen molar-refractivity contribution in [3.05, 3.63) is 34.4 Å². The number of rotatable bonds is 1. The topological polar surface area (TPSA) is 54.7 Å². The molecule has 2 rings (SSSR count). The lowest BCUT2D eigenvalue weighted by molar-refractivity contribution is 0.628. The number of nitrogens with two attached hydrogens (primary N) is 1. The fourth-order valence-corrected chi connectivity index (χ4v) is 1.75. The minimum atomic E-state index is -0.309. The Balaban J connectivity index is 2.70. The largest absolute Gasteiger partial charge is 0.404 e. The van der Waals surface area contributed by atoms with E-state index in [9.17, 15) is 4.39 Å². The number of fused-ring (bicyclic) bond motifs is 1. The van der Waals surface area contributed by atoms with Crippen molar-refractivity contribution in [2.24, 2.45) is 5.73 Å². The fourth-order valence-electron chi connectivity index (χ4n) is 1.23. The zero-order valence-electron chi connectivity index (χ0n) is 7.09. The summed E-state index contributed by atoms with van der Waals surface area (Å²) in [5.41, 5.74) is 6.56. The van der Waals surface area contributed by atoms with E-state index in [-0.39, 0.29) is 5.82 Å². The molecule has 2 aromatic rings. The molecule has 72 valence electrons. The summed E-state index contributed by atoms with van der Waals surface area (Å²) < 4.78 is 13.6. The van der Waals surface area contributed by atoms with Crippen molar-refractivity contribution in [3.8, 4) is 0 Å². The monoisotopic (exact) mass is 255 g/mol. The molecular weight excluding hydrogens is 249 g/mol. The third-order valence-electron chi connectivity index (χ3n) is 1.78. The molecule has 0 atom stereocenters. The van der Waals surface area contributed by atoms with E-state index in [1.807, 2.05) is 0 Å². The van der Waals surface area contributed by atoms with Crippen LogP contribution in [-0.4, -0.2) is 9.97 Å². The van der Waals surface area contributed by atoms with E-state index in [4.69, 9.17) is 5.73 Å². The lowest BCUT2D eigenvalue weighted by atomic mass is 10.3. The van der Waals surface area contributed by atoms with Gasteiger partial charge in [0.25, 0.3) is 0 Å². The van der Waals surface area contributed by atoms with E-state index in [2.05, 4.69) is 25.9 Å². The van der Waals surface area contributed by atoms with Crippen LogP contribution in [0.25, 0.3) is 17.1 Å². The van der Waals surface area contributed by atoms with Crippen molar-refractivity contribution in [3.63, 3.8) is 0 Å². The van der Waals surface area contributed by atoms with Crippen LogP contribution < -0.4 is 5.73 Å². The normalized spacial score (nSPS) is 11.6. The van der Waals surface area contributed by atoms with Crippen molar-refractivity contribution >= 4 is 33.0 Å². The first-order valence-corrected chi connectivity index (χ1v) is 4.73. The number of aromatic nitrogens is 2. The second kappa shape index (κ2) is 3.42. The Hall–Kier alpha value is -1.36. The maximum Gasteiger partial charge on any atom is 0.132 e. The summed E-state index contributed by atoms with van der Waals surface area (Å²) in [5.74, 6) is 0.296. The molecule has 0 aliphatic heterocycles. The van der Waals surface area contributed by atoms with Crippen molar-refractivity contribution in [2.75, 3.05) is 0 Å². The number of halogens is 2. The first-order chi connectivity index (χ1) is 6.70. The zero-order valence-corrected chi connectivity index (χ0v) is 8.68. The number of nitrogens with one attached hydrogen (secondary N) is 1. The molecule has 0 spiro atoms. The highest BCUT2D eigenvalue weighted by Gasteiger charge is 2.06. The van der Waals surface area contributed by atoms with E-state index < -0.39 is 0 Å². The van der Waals surface area contributed by atoms with Gasteiger partial charge in [-0.25, -0.2) is 9.37 Å². The van der Waals surface area contributed by atoms with Gasteiger partial charge < -0.3 is 10.7 Å². The number of hydrogen-bond acceptors (Lipinski definition) is 2. The van der Waals surface area contributed by atoms with Crippen molar-refractivity contribution in [1.29, 1.82) is 0 Å². The number of aromatic amines is 1. The summed E-state index contributed by atoms with van der Waals surface area (Å²) in [4.78, 5) is 7.14. The molecule has 1 aromatic carbocycles. The lowest BCUT2D eigenvalue weighted by Gasteiger charge is -1.91. The van der Waals surface area contributed by atoms with Crippen molar-refractivity contribution < 1.29 is 4.39 Å². The van der Waals surface area contributed by atoms with Crippen LogP contribution >= 0.6 is 15.9 Å². The third kappa shape index (κ3) is 1.50. The highest BCUT2D eigenvalue weighted by molar-refractivity contribution is 9.10. The Morgan fingerprint density at radius 2 is 2.29 bits per heavy atom. The molecule has 0 saturated carbocycles. The molecule has 3 N–H and O–H groups in total. The van der Waals surface area contributed by atoms with Crippen LogP contribution in [0, 0.1) is 5.82 Å². The Morgan fingerprint density at radius 1 is 1.50 bits per heavy atom. The van der Waals surface area contributed by atoms with Crippen molar-refractivity contribution in [1.82, 2.24) is 9.97 Å². The molecule has 0 amide bonds. The molecule has 1 aromatic heterocycles. The summed E-state index contributed by atoms with van der Waals surface area (Å²) in [6.07, 6.45) is 2.99. The highest BCUT2D eigenvalue weighted by atomic mass is 79.9. The average molecular weight is 256 g/mol. The summed E-state index contributed by atoms with van der Waals surface area (Å²) >= 11 is 3.23. The Bertz CT molecular complexity index is 504. The maximum atomic E-state index is 13.0. The molecule has 0 saturated heterocycles. The highest BCUT2D eigenvalue weighted by Crippen LogP contribution is 2.23. The minimum absolute atomic E-state index is 0.309. The molecule has 0 radical (unpaired) electrons. The van der Waals surface area contributed by atoms with Crippen LogP contribution in [0.3, 0.4) is 0 Å². The Morgan fingerprint density at radius 3 is 3.00 bits per heavy atom. The minimum Gasteiger partial charge on any atom is -0.404 e. The van der Waals surface area contributed by atoms with Gasteiger partial charge in [-0.1, -0.05) is 0 Å². The van der Waals surface area contributed by atoms with Crippen LogP contribution in [0.2, 0.25) is 0 Å². The lowest BCUT2D eigenvalue weighted by Crippen LogP contribution is -1.78. The predicted octanol–water partition coefficient (Wildman–Crippen LogP) is 2.39. The molecule has 0 bridgehead atoms. The van der Waals surface area contributed by atoms with Crippen LogP contribution in [-0.2, 0) is 0 Å². The number of imidazole rings is 1. The van der Waals surface area contributed by atoms with Crippen LogP contribution in [0.5, 0.6) is 0 Å². The smallest absolute Gasteiger partial charge is 0.132 e. The Kier molecular flexibility index (Phi) is 2.25. The second-order valence-electron chi connectivity index (χ2n) is 2.76. The van der Waals surface area contributed by atoms with Gasteiger partial charge in [0.2, 0.25) is 0 Å². The van der Waals surface area contributed by atoms with Gasteiger partial charge >= 0.3 is 0 Å². The fraction of sp³-hybridized carbons (Fsp3) is 0. The average Bonchev–Trinajstić information content (AvgIpc) is 2.48. The molecule has 0 unspecified atom stereocenters. The predicted molar refractivity (Wildman–Crippen MR) is 57.0 cm³/mol. The molecule has 1 heterocycles. The summed E-state index contributed by atoms with van der Waals surface area (Å²) in [6, 6.07) is 2.76. The van der Waals surface area contributed by atoms with Gasteiger partial charge in [-0.05, 0) is 40.3 Å². The third-order valence-corrected chi connectivity index (χ3v) is 2.38. The number of benzene rings is 1. The van der Waals surface area contributed by atoms with Gasteiger partial charge in [-0.15, -0.1) is 0 Å². The second-order valence-corrected chi connectivity index (χ2v) is 3.62. The van der Waals surface area contributed by atoms with E-state index >= 15 is 0 Å². The molecule has 3 nitrogen and oxygen atoms in total. The quantitative estimate of drug-likeness (QED) is 0.823. The van der Waals surface area contributed by atoms with Crippen LogP contribution in [0.1, 0.15) is 5.82 Å². The maximum absolute atomic E-state index is 13.0. The number of nitrogens with zero attached hydrogens (tertiary/aromatic N) is 1. The molecule has 14 heavy (non-hydrogen) atoms. The zero-order chi connectivity index (χ0) is 10.1. The van der Waals surface area contributed by atoms with Gasteiger partial charge in [-0.3, -0.25) is 0 Å². The summed E-state index contributed by atoms with van der Waals surface area (Å²) in [6.45, 7) is 0. The van der Waals surface area contributed by atoms with Gasteiger partial charge in [-0.2, -0.15) is 0 Å². The molecular formula is C9H7BrFN3. The van der Waals surface area contributed by atoms with E-state index in [1.54, 1.807) is 6.08 Å². The first kappa shape index (κ1) is 9.21. The van der Waals surface area contributed by atoms with Gasteiger partial charge in [0.1, 0.15) is 17.2 Å². The van der Waals surface area contributed by atoms with E-state index in [0.717, 1.165) is 0 Å². The molecule has 0 fully saturated rings. The number of H-pyrrole nitrogens is 1. The van der Waals surface area contributed by atoms with Crippen molar-refractivity contribution in [2.45, 2.75) is 0 Å². The van der Waals surface area contributed by atoms with Crippen LogP contribution in [0.4, 0.5) is 4.39 Å². The van der Waals surface area contributed by atoms with Crippen LogP contribution in [0.15, 0.2) is 22.8 Å². The summed E-state index contributed by atoms with van der Waals surface area (Å²) in [5, 5.41) is 0. The van der Waals surface area contributed by atoms with E-state index in [1.165, 1.54) is 18.3 Å². The standard InChI is InChI=1S/C9H7BrFN3/c10-6-3-5(11)4-7-9(6)14-8(13-7)1-2-12/h1-4H,12H2,(H,13,14). The van der Waals surface area contributed by atoms with Gasteiger partial charge in [0, 0.05) is 4.47 Å². The SMILES string of the molecule is NC=Cc1nc2c(Br)cc(F)cc2[nH]1. The Labute approximate surface area is 88.0 Å². The molecule has 5 heteroatoms. The first-order valence-electron chi connectivity index (χ1n) is 3.94. The number of hydrogen-bond donors (Lipinski definition) is 2. The molecule has 0 aliphatic carbocycles. The van der Waals surface area contributed by atoms with Gasteiger partial charge in [0.15, 0.2) is 0 Å². The van der Waals surface area contributed by atoms with Gasteiger partial charge in [0.05, 0.1) is 5.52 Å². The summed E-state index contributed by atoms with van der Waals surface area (Å²) in [7, 11) is 0. The molecule has 0 aliphatic rings.